The number of methoxy groups -OCH3 is 1. The normalized spacial score (nSPS) is 10.0. The fraction of sp³-hybridized carbons (Fsp3) is 0.0714. The topological polar surface area (TPSA) is 64.3 Å². The van der Waals surface area contributed by atoms with Crippen LogP contribution in [-0.2, 0) is 4.74 Å². The van der Waals surface area contributed by atoms with Crippen molar-refractivity contribution in [3.63, 3.8) is 0 Å². The number of nitrogen functional groups attached to an aromatic ring is 1. The van der Waals surface area contributed by atoms with Crippen LogP contribution in [0.5, 0.6) is 0 Å². The minimum atomic E-state index is -0.492. The Morgan fingerprint density at radius 3 is 2.74 bits per heavy atom. The summed E-state index contributed by atoms with van der Waals surface area (Å²) in [6, 6.07) is 11.2. The highest BCUT2D eigenvalue weighted by molar-refractivity contribution is 5.90. The number of esters is 1. The maximum atomic E-state index is 13.3. The highest BCUT2D eigenvalue weighted by atomic mass is 19.1. The molecule has 5 heteroatoms. The van der Waals surface area contributed by atoms with E-state index in [-0.39, 0.29) is 5.69 Å². The van der Waals surface area contributed by atoms with Gasteiger partial charge in [0.15, 0.2) is 0 Å². The van der Waals surface area contributed by atoms with Crippen LogP contribution in [0, 0.1) is 5.82 Å². The highest BCUT2D eigenvalue weighted by Gasteiger charge is 2.08. The molecule has 3 N–H and O–H groups in total. The number of hydrogen-bond donors (Lipinski definition) is 2. The fourth-order valence-corrected chi connectivity index (χ4v) is 1.64. The number of carbonyl (C=O) groups excluding carboxylic acids is 1. The first-order valence-electron chi connectivity index (χ1n) is 5.61. The number of nitrogens with two attached hydrogens (primary N) is 1. The molecule has 2 aromatic rings. The number of carbonyl (C=O) groups is 1. The third kappa shape index (κ3) is 2.82. The van der Waals surface area contributed by atoms with Crippen molar-refractivity contribution in [2.24, 2.45) is 0 Å². The van der Waals surface area contributed by atoms with Crippen molar-refractivity contribution in [3.05, 3.63) is 53.8 Å². The van der Waals surface area contributed by atoms with E-state index in [1.165, 1.54) is 13.2 Å². The molecular formula is C14H13FN2O2. The van der Waals surface area contributed by atoms with Crippen LogP contribution in [0.4, 0.5) is 21.5 Å². The first-order valence-corrected chi connectivity index (χ1v) is 5.61. The molecule has 0 heterocycles. The molecule has 0 saturated carbocycles. The molecule has 2 rings (SSSR count). The summed E-state index contributed by atoms with van der Waals surface area (Å²) in [7, 11) is 1.31. The van der Waals surface area contributed by atoms with Crippen molar-refractivity contribution >= 4 is 23.0 Å². The lowest BCUT2D eigenvalue weighted by atomic mass is 10.2. The summed E-state index contributed by atoms with van der Waals surface area (Å²) in [5, 5.41) is 2.96. The van der Waals surface area contributed by atoms with Gasteiger partial charge in [0.1, 0.15) is 5.82 Å². The summed E-state index contributed by atoms with van der Waals surface area (Å²) in [6.07, 6.45) is 0. The molecule has 0 atom stereocenters. The Hall–Kier alpha value is -2.56. The van der Waals surface area contributed by atoms with Crippen LogP contribution < -0.4 is 11.1 Å². The molecule has 0 saturated heterocycles. The van der Waals surface area contributed by atoms with Crippen molar-refractivity contribution < 1.29 is 13.9 Å². The van der Waals surface area contributed by atoms with Crippen molar-refractivity contribution in [1.29, 1.82) is 0 Å². The average Bonchev–Trinajstić information content (AvgIpc) is 2.43. The predicted octanol–water partition coefficient (Wildman–Crippen LogP) is 2.94. The molecular weight excluding hydrogens is 247 g/mol. The summed E-state index contributed by atoms with van der Waals surface area (Å²) >= 11 is 0. The van der Waals surface area contributed by atoms with E-state index >= 15 is 0 Å². The smallest absolute Gasteiger partial charge is 0.337 e. The molecule has 0 radical (unpaired) electrons. The molecule has 0 aliphatic heterocycles. The number of ether oxygens (including phenoxy) is 1. The van der Waals surface area contributed by atoms with Crippen LogP contribution in [0.3, 0.4) is 0 Å². The molecule has 98 valence electrons. The molecule has 19 heavy (non-hydrogen) atoms. The van der Waals surface area contributed by atoms with Gasteiger partial charge < -0.3 is 15.8 Å². The number of hydrogen-bond acceptors (Lipinski definition) is 4. The van der Waals surface area contributed by atoms with Crippen molar-refractivity contribution in [2.75, 3.05) is 18.2 Å². The van der Waals surface area contributed by atoms with Crippen LogP contribution in [0.25, 0.3) is 0 Å². The molecule has 0 unspecified atom stereocenters. The summed E-state index contributed by atoms with van der Waals surface area (Å²) in [4.78, 5) is 11.4. The largest absolute Gasteiger partial charge is 0.465 e. The first kappa shape index (κ1) is 12.9. The number of benzene rings is 2. The van der Waals surface area contributed by atoms with Crippen molar-refractivity contribution in [1.82, 2.24) is 0 Å². The van der Waals surface area contributed by atoms with Crippen LogP contribution in [-0.4, -0.2) is 13.1 Å². The van der Waals surface area contributed by atoms with Gasteiger partial charge in [-0.15, -0.1) is 0 Å². The second-order valence-corrected chi connectivity index (χ2v) is 3.90. The molecule has 4 nitrogen and oxygen atoms in total. The van der Waals surface area contributed by atoms with Gasteiger partial charge in [-0.2, -0.15) is 0 Å². The van der Waals surface area contributed by atoms with Gasteiger partial charge in [0.25, 0.3) is 0 Å². The van der Waals surface area contributed by atoms with E-state index < -0.39 is 11.8 Å². The van der Waals surface area contributed by atoms with Gasteiger partial charge in [0.2, 0.25) is 0 Å². The van der Waals surface area contributed by atoms with Crippen LogP contribution in [0.2, 0.25) is 0 Å². The van der Waals surface area contributed by atoms with Gasteiger partial charge in [-0.1, -0.05) is 12.1 Å². The minimum absolute atomic E-state index is 0.0333. The molecule has 0 amide bonds. The molecule has 0 aliphatic carbocycles. The summed E-state index contributed by atoms with van der Waals surface area (Å²) < 4.78 is 17.9. The Bertz CT molecular complexity index is 614. The Kier molecular flexibility index (Phi) is 3.66. The van der Waals surface area contributed by atoms with E-state index in [2.05, 4.69) is 10.1 Å². The molecule has 0 spiro atoms. The predicted molar refractivity (Wildman–Crippen MR) is 71.9 cm³/mol. The Morgan fingerprint density at radius 2 is 2.00 bits per heavy atom. The first-order chi connectivity index (χ1) is 9.11. The van der Waals surface area contributed by atoms with E-state index in [4.69, 9.17) is 5.73 Å². The zero-order valence-corrected chi connectivity index (χ0v) is 10.3. The van der Waals surface area contributed by atoms with Crippen LogP contribution in [0.1, 0.15) is 10.4 Å². The highest BCUT2D eigenvalue weighted by Crippen LogP contribution is 2.25. The number of halogens is 1. The van der Waals surface area contributed by atoms with E-state index in [0.29, 0.717) is 16.9 Å². The van der Waals surface area contributed by atoms with Gasteiger partial charge in [-0.3, -0.25) is 0 Å². The lowest BCUT2D eigenvalue weighted by molar-refractivity contribution is 0.0601. The molecule has 0 aliphatic rings. The van der Waals surface area contributed by atoms with E-state index in [0.717, 1.165) is 0 Å². The van der Waals surface area contributed by atoms with Gasteiger partial charge in [0, 0.05) is 5.69 Å². The monoisotopic (exact) mass is 260 g/mol. The third-order valence-corrected chi connectivity index (χ3v) is 2.62. The number of para-hydroxylation sites is 1. The molecule has 2 aromatic carbocycles. The van der Waals surface area contributed by atoms with Gasteiger partial charge in [-0.05, 0) is 30.3 Å². The standard InChI is InChI=1S/C14H13FN2O2/c1-19-14(18)9-4-2-5-10(8-9)17-12-7-3-6-11(15)13(12)16/h2-8,17H,16H2,1H3. The van der Waals surface area contributed by atoms with E-state index in [1.54, 1.807) is 36.4 Å². The number of rotatable bonds is 3. The van der Waals surface area contributed by atoms with E-state index in [1.807, 2.05) is 0 Å². The Morgan fingerprint density at radius 1 is 1.26 bits per heavy atom. The maximum Gasteiger partial charge on any atom is 0.337 e. The summed E-state index contributed by atoms with van der Waals surface area (Å²) in [5.41, 5.74) is 7.14. The minimum Gasteiger partial charge on any atom is -0.465 e. The van der Waals surface area contributed by atoms with Crippen LogP contribution in [0.15, 0.2) is 42.5 Å². The van der Waals surface area contributed by atoms with Gasteiger partial charge >= 0.3 is 5.97 Å². The number of nitrogens with one attached hydrogen (secondary N) is 1. The Labute approximate surface area is 110 Å². The maximum absolute atomic E-state index is 13.3. The lowest BCUT2D eigenvalue weighted by Gasteiger charge is -2.10. The SMILES string of the molecule is COC(=O)c1cccc(Nc2cccc(F)c2N)c1. The van der Waals surface area contributed by atoms with E-state index in [9.17, 15) is 9.18 Å². The third-order valence-electron chi connectivity index (χ3n) is 2.62. The lowest BCUT2D eigenvalue weighted by Crippen LogP contribution is -2.03. The fourth-order valence-electron chi connectivity index (χ4n) is 1.64. The zero-order chi connectivity index (χ0) is 13.8. The van der Waals surface area contributed by atoms with Gasteiger partial charge in [-0.25, -0.2) is 9.18 Å². The second-order valence-electron chi connectivity index (χ2n) is 3.90. The summed E-state index contributed by atoms with van der Waals surface area (Å²) in [6.45, 7) is 0. The Balaban J connectivity index is 2.28. The summed E-state index contributed by atoms with van der Waals surface area (Å²) in [5.74, 6) is -0.926. The molecule has 0 bridgehead atoms. The average molecular weight is 260 g/mol. The zero-order valence-electron chi connectivity index (χ0n) is 10.3. The van der Waals surface area contributed by atoms with Crippen LogP contribution >= 0.6 is 0 Å². The molecule has 0 aromatic heterocycles. The second kappa shape index (κ2) is 5.39. The van der Waals surface area contributed by atoms with Gasteiger partial charge in [0.05, 0.1) is 24.0 Å². The van der Waals surface area contributed by atoms with Crippen molar-refractivity contribution in [3.8, 4) is 0 Å². The van der Waals surface area contributed by atoms with Crippen molar-refractivity contribution in [2.45, 2.75) is 0 Å². The quantitative estimate of drug-likeness (QED) is 0.658. The number of anilines is 3. The molecule has 0 fully saturated rings.